The van der Waals surface area contributed by atoms with Gasteiger partial charge in [-0.1, -0.05) is 119 Å². The highest BCUT2D eigenvalue weighted by atomic mass is 13.9. The van der Waals surface area contributed by atoms with Crippen molar-refractivity contribution in [1.82, 2.24) is 0 Å². The highest BCUT2D eigenvalue weighted by molar-refractivity contribution is 5.49. The van der Waals surface area contributed by atoms with Crippen molar-refractivity contribution in [3.8, 4) is 0 Å². The van der Waals surface area contributed by atoms with Crippen LogP contribution in [0.1, 0.15) is 57.6 Å². The third-order valence-electron chi connectivity index (χ3n) is 3.55. The summed E-state index contributed by atoms with van der Waals surface area (Å²) >= 11 is 0. The quantitative estimate of drug-likeness (QED) is 0.460. The molecule has 128 valence electrons. The van der Waals surface area contributed by atoms with Crippen LogP contribution < -0.4 is 0 Å². The third kappa shape index (κ3) is 10.6. The Labute approximate surface area is 148 Å². The zero-order chi connectivity index (χ0) is 17.5. The summed E-state index contributed by atoms with van der Waals surface area (Å²) in [5, 5.41) is 0. The maximum absolute atomic E-state index is 2.25. The van der Waals surface area contributed by atoms with Crippen LogP contribution in [0, 0.1) is 5.92 Å². The summed E-state index contributed by atoms with van der Waals surface area (Å²) in [6.07, 6.45) is 13.8. The second-order valence-electron chi connectivity index (χ2n) is 6.40. The maximum atomic E-state index is 2.25. The van der Waals surface area contributed by atoms with E-state index in [0.717, 1.165) is 12.3 Å². The lowest BCUT2D eigenvalue weighted by Crippen LogP contribution is -1.80. The van der Waals surface area contributed by atoms with Crippen molar-refractivity contribution in [1.29, 1.82) is 0 Å². The number of allylic oxidation sites excluding steroid dienone is 2. The van der Waals surface area contributed by atoms with Crippen LogP contribution in [-0.4, -0.2) is 0 Å². The van der Waals surface area contributed by atoms with Crippen molar-refractivity contribution in [2.45, 2.75) is 46.5 Å². The summed E-state index contributed by atoms with van der Waals surface area (Å²) in [6, 6.07) is 20.9. The van der Waals surface area contributed by atoms with Crippen LogP contribution in [-0.2, 0) is 0 Å². The fraction of sp³-hybridized carbons (Fsp3) is 0.333. The maximum Gasteiger partial charge on any atom is -0.0260 e. The fourth-order valence-corrected chi connectivity index (χ4v) is 2.15. The molecule has 0 saturated heterocycles. The van der Waals surface area contributed by atoms with Crippen molar-refractivity contribution in [2.24, 2.45) is 5.92 Å². The molecule has 0 radical (unpaired) electrons. The summed E-state index contributed by atoms with van der Waals surface area (Å²) in [4.78, 5) is 0. The van der Waals surface area contributed by atoms with E-state index in [4.69, 9.17) is 0 Å². The molecule has 0 unspecified atom stereocenters. The summed E-state index contributed by atoms with van der Waals surface area (Å²) in [7, 11) is 0. The Morgan fingerprint density at radius 2 is 1.25 bits per heavy atom. The van der Waals surface area contributed by atoms with Gasteiger partial charge in [-0.15, -0.1) is 0 Å². The zero-order valence-electron chi connectivity index (χ0n) is 15.5. The van der Waals surface area contributed by atoms with Gasteiger partial charge in [0.25, 0.3) is 0 Å². The van der Waals surface area contributed by atoms with Gasteiger partial charge in [0.2, 0.25) is 0 Å². The second kappa shape index (κ2) is 13.4. The Balaban J connectivity index is 0.000000240. The van der Waals surface area contributed by atoms with Gasteiger partial charge in [0, 0.05) is 0 Å². The SMILES string of the molecule is CC(C)CC=Cc1ccccc1.CCCCC=Cc1ccccc1. The molecule has 0 nitrogen and oxygen atoms in total. The largest absolute Gasteiger partial charge is 0.0839 e. The molecule has 2 rings (SSSR count). The van der Waals surface area contributed by atoms with E-state index in [-0.39, 0.29) is 0 Å². The molecule has 24 heavy (non-hydrogen) atoms. The highest BCUT2D eigenvalue weighted by Gasteiger charge is 1.87. The zero-order valence-corrected chi connectivity index (χ0v) is 15.5. The van der Waals surface area contributed by atoms with Gasteiger partial charge in [-0.2, -0.15) is 0 Å². The van der Waals surface area contributed by atoms with Crippen LogP contribution >= 0.6 is 0 Å². The summed E-state index contributed by atoms with van der Waals surface area (Å²) in [5.41, 5.74) is 2.59. The first-order chi connectivity index (χ1) is 11.7. The number of rotatable bonds is 7. The van der Waals surface area contributed by atoms with E-state index < -0.39 is 0 Å². The number of hydrogen-bond donors (Lipinski definition) is 0. The van der Waals surface area contributed by atoms with Crippen molar-refractivity contribution in [3.63, 3.8) is 0 Å². The van der Waals surface area contributed by atoms with Crippen molar-refractivity contribution >= 4 is 12.2 Å². The molecule has 0 N–H and O–H groups in total. The average Bonchev–Trinajstić information content (AvgIpc) is 2.61. The molecule has 0 heteroatoms. The molecule has 0 amide bonds. The van der Waals surface area contributed by atoms with Crippen LogP contribution in [0.2, 0.25) is 0 Å². The Kier molecular flexibility index (Phi) is 11.1. The van der Waals surface area contributed by atoms with E-state index in [2.05, 4.69) is 93.6 Å². The van der Waals surface area contributed by atoms with Gasteiger partial charge in [0.15, 0.2) is 0 Å². The van der Waals surface area contributed by atoms with Gasteiger partial charge in [-0.25, -0.2) is 0 Å². The second-order valence-corrected chi connectivity index (χ2v) is 6.40. The van der Waals surface area contributed by atoms with Gasteiger partial charge < -0.3 is 0 Å². The minimum absolute atomic E-state index is 0.755. The molecule has 2 aromatic carbocycles. The van der Waals surface area contributed by atoms with Crippen molar-refractivity contribution in [3.05, 3.63) is 83.9 Å². The molecule has 2 aromatic rings. The molecule has 0 bridgehead atoms. The van der Waals surface area contributed by atoms with E-state index in [1.54, 1.807) is 0 Å². The molecule has 0 saturated carbocycles. The van der Waals surface area contributed by atoms with Crippen molar-refractivity contribution in [2.75, 3.05) is 0 Å². The molecular weight excluding hydrogens is 288 g/mol. The molecule has 0 aliphatic heterocycles. The first-order valence-corrected chi connectivity index (χ1v) is 9.15. The van der Waals surface area contributed by atoms with E-state index >= 15 is 0 Å². The number of hydrogen-bond acceptors (Lipinski definition) is 0. The first kappa shape index (κ1) is 20.0. The summed E-state index contributed by atoms with van der Waals surface area (Å²) in [6.45, 7) is 6.68. The number of unbranched alkanes of at least 4 members (excludes halogenated alkanes) is 2. The molecule has 0 spiro atoms. The minimum Gasteiger partial charge on any atom is -0.0839 e. The van der Waals surface area contributed by atoms with Crippen LogP contribution in [0.25, 0.3) is 12.2 Å². The van der Waals surface area contributed by atoms with Crippen LogP contribution in [0.4, 0.5) is 0 Å². The Hall–Kier alpha value is -2.08. The standard InChI is InChI=1S/2C12H16/c1-11(2)7-6-10-12-8-4-3-5-9-12;1-2-3-4-6-9-12-10-7-5-8-11-12/h3-6,8-11H,7H2,1-2H3;5-11H,2-4H2,1H3. The monoisotopic (exact) mass is 320 g/mol. The minimum atomic E-state index is 0.755. The lowest BCUT2D eigenvalue weighted by molar-refractivity contribution is 0.665. The van der Waals surface area contributed by atoms with Gasteiger partial charge in [-0.3, -0.25) is 0 Å². The summed E-state index contributed by atoms with van der Waals surface area (Å²) < 4.78 is 0. The Morgan fingerprint density at radius 3 is 1.71 bits per heavy atom. The van der Waals surface area contributed by atoms with E-state index in [0.29, 0.717) is 0 Å². The highest BCUT2D eigenvalue weighted by Crippen LogP contribution is 2.05. The predicted octanol–water partition coefficient (Wildman–Crippen LogP) is 7.64. The fourth-order valence-electron chi connectivity index (χ4n) is 2.15. The third-order valence-corrected chi connectivity index (χ3v) is 3.55. The Morgan fingerprint density at radius 1 is 0.750 bits per heavy atom. The van der Waals surface area contributed by atoms with Crippen LogP contribution in [0.3, 0.4) is 0 Å². The van der Waals surface area contributed by atoms with E-state index in [9.17, 15) is 0 Å². The van der Waals surface area contributed by atoms with E-state index in [1.807, 2.05) is 12.1 Å². The molecule has 0 aliphatic rings. The number of benzene rings is 2. The molecule has 0 aromatic heterocycles. The molecule has 0 atom stereocenters. The Bertz CT molecular complexity index is 562. The molecule has 0 aliphatic carbocycles. The topological polar surface area (TPSA) is 0 Å². The van der Waals surface area contributed by atoms with E-state index in [1.165, 1.54) is 30.4 Å². The first-order valence-electron chi connectivity index (χ1n) is 9.15. The predicted molar refractivity (Wildman–Crippen MR) is 110 cm³/mol. The summed E-state index contributed by atoms with van der Waals surface area (Å²) in [5.74, 6) is 0.755. The average molecular weight is 321 g/mol. The molecule has 0 heterocycles. The van der Waals surface area contributed by atoms with Crippen LogP contribution in [0.15, 0.2) is 72.8 Å². The van der Waals surface area contributed by atoms with Gasteiger partial charge in [0.1, 0.15) is 0 Å². The van der Waals surface area contributed by atoms with Gasteiger partial charge in [0.05, 0.1) is 0 Å². The van der Waals surface area contributed by atoms with Crippen molar-refractivity contribution < 1.29 is 0 Å². The molecular formula is C24H32. The lowest BCUT2D eigenvalue weighted by atomic mass is 10.1. The lowest BCUT2D eigenvalue weighted by Gasteiger charge is -1.96. The van der Waals surface area contributed by atoms with Gasteiger partial charge in [-0.05, 0) is 29.9 Å². The van der Waals surface area contributed by atoms with Crippen LogP contribution in [0.5, 0.6) is 0 Å². The smallest absolute Gasteiger partial charge is 0.0260 e. The van der Waals surface area contributed by atoms with Gasteiger partial charge >= 0.3 is 0 Å². The normalized spacial score (nSPS) is 11.0. The molecule has 0 fully saturated rings.